The molecule has 1 rings (SSSR count). The van der Waals surface area contributed by atoms with E-state index >= 15 is 0 Å². The van der Waals surface area contributed by atoms with E-state index < -0.39 is 0 Å². The maximum atomic E-state index is 4.66. The number of hydrogen-bond acceptors (Lipinski definition) is 2. The molecular weight excluding hydrogens is 425 g/mol. The summed E-state index contributed by atoms with van der Waals surface area (Å²) in [5.74, 6) is 0. The molecule has 0 aromatic carbocycles. The Morgan fingerprint density at radius 1 is 1.13 bits per heavy atom. The van der Waals surface area contributed by atoms with Gasteiger partial charge in [-0.25, -0.2) is 0 Å². The van der Waals surface area contributed by atoms with Crippen LogP contribution < -0.4 is 37.2 Å². The number of halogens is 3. The van der Waals surface area contributed by atoms with Crippen molar-refractivity contribution in [3.63, 3.8) is 0 Å². The second-order valence-corrected chi connectivity index (χ2v) is 4.62. The standard InChI is InChI=1S/C5H5.C4H10O2.3ClH.Hf/c1-2-4-5-3-1;1-5-3-4-6-2;;;;/h1-3H,4H2;3-4H2,1-2H3;3*1H;/q;;;;;+3/p-3. The van der Waals surface area contributed by atoms with Crippen LogP contribution in [0.25, 0.3) is 0 Å². The summed E-state index contributed by atoms with van der Waals surface area (Å²) in [7, 11) is 3.30. The Morgan fingerprint density at radius 3 is 1.73 bits per heavy atom. The van der Waals surface area contributed by atoms with Crippen LogP contribution in [-0.4, -0.2) is 27.4 Å². The van der Waals surface area contributed by atoms with Crippen LogP contribution >= 0.6 is 0 Å². The molecule has 0 atom stereocenters. The van der Waals surface area contributed by atoms with Crippen molar-refractivity contribution in [2.45, 2.75) is 6.42 Å². The molecule has 0 aromatic rings. The Balaban J connectivity index is -0.0000000672. The van der Waals surface area contributed by atoms with Crippen molar-refractivity contribution in [1.29, 1.82) is 0 Å². The van der Waals surface area contributed by atoms with E-state index in [0.29, 0.717) is 13.2 Å². The van der Waals surface area contributed by atoms with E-state index in [1.807, 2.05) is 0 Å². The van der Waals surface area contributed by atoms with E-state index in [1.165, 1.54) is 30.8 Å². The van der Waals surface area contributed by atoms with Gasteiger partial charge in [0.15, 0.2) is 0 Å². The Bertz CT molecular complexity index is 159. The first-order valence-electron chi connectivity index (χ1n) is 3.86. The normalized spacial score (nSPS) is 11.1. The number of allylic oxidation sites excluding steroid dienone is 4. The molecule has 88 valence electrons. The monoisotopic (exact) mass is 440 g/mol. The van der Waals surface area contributed by atoms with Crippen molar-refractivity contribution in [2.24, 2.45) is 0 Å². The number of ether oxygens (including phenoxy) is 2. The van der Waals surface area contributed by atoms with Gasteiger partial charge in [-0.1, -0.05) is 0 Å². The summed E-state index contributed by atoms with van der Waals surface area (Å²) in [5, 5.41) is 0. The van der Waals surface area contributed by atoms with Gasteiger partial charge in [-0.3, -0.25) is 0 Å². The summed E-state index contributed by atoms with van der Waals surface area (Å²) in [6, 6.07) is 0. The van der Waals surface area contributed by atoms with Gasteiger partial charge in [0.05, 0.1) is 13.2 Å². The van der Waals surface area contributed by atoms with Crippen LogP contribution in [0.4, 0.5) is 0 Å². The molecule has 0 aliphatic heterocycles. The van der Waals surface area contributed by atoms with Crippen molar-refractivity contribution < 1.29 is 71.1 Å². The zero-order valence-electron chi connectivity index (χ0n) is 8.80. The molecule has 1 aliphatic rings. The minimum absolute atomic E-state index is 0. The number of rotatable bonds is 3. The van der Waals surface area contributed by atoms with Crippen LogP contribution in [0.5, 0.6) is 0 Å². The van der Waals surface area contributed by atoms with E-state index in [-0.39, 0.29) is 37.2 Å². The first-order valence-corrected chi connectivity index (χ1v) is 5.66. The van der Waals surface area contributed by atoms with Gasteiger partial charge in [0.25, 0.3) is 0 Å². The van der Waals surface area contributed by atoms with Crippen LogP contribution in [0.3, 0.4) is 0 Å². The van der Waals surface area contributed by atoms with Gasteiger partial charge in [0.1, 0.15) is 0 Å². The van der Waals surface area contributed by atoms with Crippen LogP contribution in [0, 0.1) is 0 Å². The quantitative estimate of drug-likeness (QED) is 0.321. The molecule has 0 amide bonds. The number of hydrogen-bond donors (Lipinski definition) is 0. The molecule has 0 bridgehead atoms. The van der Waals surface area contributed by atoms with E-state index in [9.17, 15) is 0 Å². The Kier molecular flexibility index (Phi) is 34.4. The zero-order chi connectivity index (χ0) is 9.23. The molecule has 0 heterocycles. The molecule has 0 aromatic heterocycles. The minimum atomic E-state index is 0. The van der Waals surface area contributed by atoms with E-state index in [4.69, 9.17) is 0 Å². The molecule has 0 radical (unpaired) electrons. The van der Waals surface area contributed by atoms with Crippen LogP contribution in [0.15, 0.2) is 21.6 Å². The molecule has 1 aliphatic carbocycles. The Labute approximate surface area is 126 Å². The SMILES string of the molecule is COCCOC.[Cl-].[Cl-].[Cl-].[Hf+3][C]1=CC=CC1. The molecule has 0 fully saturated rings. The summed E-state index contributed by atoms with van der Waals surface area (Å²) in [6.07, 6.45) is 7.75. The molecule has 0 saturated heterocycles. The van der Waals surface area contributed by atoms with Gasteiger partial charge >= 0.3 is 52.4 Å². The van der Waals surface area contributed by atoms with Gasteiger partial charge < -0.3 is 46.7 Å². The molecule has 0 saturated carbocycles. The molecule has 0 spiro atoms. The van der Waals surface area contributed by atoms with Crippen molar-refractivity contribution in [1.82, 2.24) is 0 Å². The van der Waals surface area contributed by atoms with Gasteiger partial charge in [0.2, 0.25) is 0 Å². The summed E-state index contributed by atoms with van der Waals surface area (Å²) in [4.78, 5) is 0. The van der Waals surface area contributed by atoms with Gasteiger partial charge in [-0.15, -0.1) is 0 Å². The summed E-state index contributed by atoms with van der Waals surface area (Å²) < 4.78 is 10.9. The van der Waals surface area contributed by atoms with Gasteiger partial charge in [-0.05, 0) is 0 Å². The number of methoxy groups -OCH3 is 2. The first-order chi connectivity index (χ1) is 5.81. The van der Waals surface area contributed by atoms with Crippen LogP contribution in [-0.2, 0) is 33.8 Å². The van der Waals surface area contributed by atoms with E-state index in [1.54, 1.807) is 17.5 Å². The molecule has 0 unspecified atom stereocenters. The summed E-state index contributed by atoms with van der Waals surface area (Å²) in [5.41, 5.74) is 0. The van der Waals surface area contributed by atoms with E-state index in [2.05, 4.69) is 27.7 Å². The Hall–Kier alpha value is 1.14. The van der Waals surface area contributed by atoms with Crippen LogP contribution in [0.1, 0.15) is 6.42 Å². The average molecular weight is 440 g/mol. The Morgan fingerprint density at radius 2 is 1.60 bits per heavy atom. The fraction of sp³-hybridized carbons (Fsp3) is 0.556. The topological polar surface area (TPSA) is 18.5 Å². The molecule has 2 nitrogen and oxygen atoms in total. The predicted molar refractivity (Wildman–Crippen MR) is 45.6 cm³/mol. The van der Waals surface area contributed by atoms with Crippen molar-refractivity contribution in [3.05, 3.63) is 21.6 Å². The third-order valence-electron chi connectivity index (χ3n) is 1.26. The molecule has 6 heteroatoms. The van der Waals surface area contributed by atoms with Crippen molar-refractivity contribution in [2.75, 3.05) is 27.4 Å². The average Bonchev–Trinajstić information content (AvgIpc) is 2.53. The van der Waals surface area contributed by atoms with Gasteiger partial charge in [-0.2, -0.15) is 0 Å². The van der Waals surface area contributed by atoms with E-state index in [0.717, 1.165) is 0 Å². The summed E-state index contributed by atoms with van der Waals surface area (Å²) >= 11 is 1.25. The first kappa shape index (κ1) is 25.1. The second kappa shape index (κ2) is 20.5. The fourth-order valence-electron chi connectivity index (χ4n) is 0.614. The summed E-state index contributed by atoms with van der Waals surface area (Å²) in [6.45, 7) is 1.38. The molecule has 0 N–H and O–H groups in total. The van der Waals surface area contributed by atoms with Crippen LogP contribution in [0.2, 0.25) is 0 Å². The third-order valence-corrected chi connectivity index (χ3v) is 2.59. The molecular formula is C9H15Cl3HfO2. The second-order valence-electron chi connectivity index (χ2n) is 2.31. The third kappa shape index (κ3) is 21.1. The predicted octanol–water partition coefficient (Wildman–Crippen LogP) is -7.33. The van der Waals surface area contributed by atoms with Crippen molar-refractivity contribution in [3.8, 4) is 0 Å². The van der Waals surface area contributed by atoms with Gasteiger partial charge in [0, 0.05) is 14.2 Å². The molecule has 15 heavy (non-hydrogen) atoms. The van der Waals surface area contributed by atoms with Crippen molar-refractivity contribution >= 4 is 0 Å². The fourth-order valence-corrected chi connectivity index (χ4v) is 1.38. The maximum absolute atomic E-state index is 4.66. The zero-order valence-corrected chi connectivity index (χ0v) is 14.7.